The van der Waals surface area contributed by atoms with Crippen molar-refractivity contribution in [3.05, 3.63) is 12.3 Å². The van der Waals surface area contributed by atoms with Gasteiger partial charge in [-0.1, -0.05) is 6.58 Å². The monoisotopic (exact) mass is 274 g/mol. The molecule has 102 valence electrons. The van der Waals surface area contributed by atoms with Crippen LogP contribution in [0.3, 0.4) is 0 Å². The van der Waals surface area contributed by atoms with Gasteiger partial charge < -0.3 is 27.7 Å². The molecular weight excluding hydrogens is 256 g/mol. The van der Waals surface area contributed by atoms with Gasteiger partial charge >= 0.3 is 8.80 Å². The molecule has 0 atom stereocenters. The first kappa shape index (κ1) is 16.8. The molecule has 18 heavy (non-hydrogen) atoms. The van der Waals surface area contributed by atoms with Crippen LogP contribution in [0.2, 0.25) is 0 Å². The Kier molecular flexibility index (Phi) is 10.3. The number of hydrogen-bond donors (Lipinski definition) is 0. The fourth-order valence-corrected chi connectivity index (χ4v) is 2.86. The third-order valence-corrected chi connectivity index (χ3v) is 4.19. The van der Waals surface area contributed by atoms with E-state index in [0.717, 1.165) is 18.9 Å². The molecule has 0 fully saturated rings. The molecule has 0 saturated carbocycles. The molecule has 0 aliphatic heterocycles. The second kappa shape index (κ2) is 11.0. The molecule has 0 aliphatic rings. The SMILES string of the molecule is C=C[Si](OCCC=O)(OCCC=O)OCCC=O. The predicted octanol–water partition coefficient (Wildman–Crippen LogP) is 0.467. The van der Waals surface area contributed by atoms with Gasteiger partial charge in [-0.3, -0.25) is 0 Å². The molecular formula is C11H18O6Si. The van der Waals surface area contributed by atoms with Crippen LogP contribution in [0.15, 0.2) is 12.3 Å². The number of rotatable bonds is 13. The summed E-state index contributed by atoms with van der Waals surface area (Å²) in [6.45, 7) is 4.06. The van der Waals surface area contributed by atoms with Crippen LogP contribution in [0.1, 0.15) is 19.3 Å². The van der Waals surface area contributed by atoms with Crippen LogP contribution in [0, 0.1) is 0 Å². The van der Waals surface area contributed by atoms with Crippen molar-refractivity contribution in [2.24, 2.45) is 0 Å². The zero-order chi connectivity index (χ0) is 13.7. The lowest BCUT2D eigenvalue weighted by Crippen LogP contribution is -2.45. The third-order valence-electron chi connectivity index (χ3n) is 1.87. The quantitative estimate of drug-likeness (QED) is 0.276. The van der Waals surface area contributed by atoms with E-state index < -0.39 is 8.80 Å². The Morgan fingerprint density at radius 1 is 0.778 bits per heavy atom. The molecule has 0 heterocycles. The third kappa shape index (κ3) is 7.23. The van der Waals surface area contributed by atoms with Crippen LogP contribution in [-0.2, 0) is 27.7 Å². The molecule has 7 heteroatoms. The number of aldehydes is 3. The molecule has 0 aromatic heterocycles. The second-order valence-corrected chi connectivity index (χ2v) is 5.70. The van der Waals surface area contributed by atoms with Gasteiger partial charge in [0.1, 0.15) is 18.9 Å². The number of carbonyl (C=O) groups is 3. The Morgan fingerprint density at radius 3 is 1.33 bits per heavy atom. The summed E-state index contributed by atoms with van der Waals surface area (Å²) in [5.41, 5.74) is 1.42. The molecule has 0 unspecified atom stereocenters. The first-order valence-corrected chi connectivity index (χ1v) is 7.41. The average molecular weight is 274 g/mol. The van der Waals surface area contributed by atoms with Crippen molar-refractivity contribution >= 4 is 27.7 Å². The van der Waals surface area contributed by atoms with Gasteiger partial charge in [0, 0.05) is 39.1 Å². The first-order chi connectivity index (χ1) is 8.74. The van der Waals surface area contributed by atoms with E-state index in [9.17, 15) is 14.4 Å². The molecule has 0 N–H and O–H groups in total. The zero-order valence-corrected chi connectivity index (χ0v) is 11.2. The highest BCUT2D eigenvalue weighted by Crippen LogP contribution is 2.12. The van der Waals surface area contributed by atoms with E-state index in [1.54, 1.807) is 0 Å². The Labute approximate surface area is 107 Å². The smallest absolute Gasteiger partial charge is 0.370 e. The van der Waals surface area contributed by atoms with E-state index in [0.29, 0.717) is 0 Å². The van der Waals surface area contributed by atoms with Gasteiger partial charge in [0.25, 0.3) is 0 Å². The maximum absolute atomic E-state index is 10.2. The van der Waals surface area contributed by atoms with Crippen molar-refractivity contribution in [3.8, 4) is 0 Å². The minimum atomic E-state index is -3.09. The Morgan fingerprint density at radius 2 is 1.11 bits per heavy atom. The molecule has 0 aromatic rings. The van der Waals surface area contributed by atoms with Gasteiger partial charge in [0.2, 0.25) is 0 Å². The summed E-state index contributed by atoms with van der Waals surface area (Å²) < 4.78 is 16.3. The van der Waals surface area contributed by atoms with E-state index in [-0.39, 0.29) is 39.1 Å². The van der Waals surface area contributed by atoms with Gasteiger partial charge in [-0.25, -0.2) is 0 Å². The Balaban J connectivity index is 4.37. The summed E-state index contributed by atoms with van der Waals surface area (Å²) >= 11 is 0. The van der Waals surface area contributed by atoms with Crippen molar-refractivity contribution in [2.75, 3.05) is 19.8 Å². The van der Waals surface area contributed by atoms with Crippen molar-refractivity contribution in [2.45, 2.75) is 19.3 Å². The summed E-state index contributed by atoms with van der Waals surface area (Å²) in [6.07, 6.45) is 2.82. The molecule has 0 spiro atoms. The maximum Gasteiger partial charge on any atom is 0.529 e. The fourth-order valence-electron chi connectivity index (χ4n) is 1.05. The Hall–Kier alpha value is -1.15. The van der Waals surface area contributed by atoms with Crippen LogP contribution in [0.25, 0.3) is 0 Å². The van der Waals surface area contributed by atoms with Gasteiger partial charge in [0.15, 0.2) is 0 Å². The molecule has 0 bridgehead atoms. The highest BCUT2D eigenvalue weighted by atomic mass is 28.4. The standard InChI is InChI=1S/C11H18O6Si/c1-2-18(15-9-3-6-12,16-10-4-7-13)17-11-5-8-14/h2,6-8H,1,3-5,9-11H2. The van der Waals surface area contributed by atoms with Crippen molar-refractivity contribution in [3.63, 3.8) is 0 Å². The number of hydrogen-bond acceptors (Lipinski definition) is 6. The van der Waals surface area contributed by atoms with E-state index >= 15 is 0 Å². The van der Waals surface area contributed by atoms with Gasteiger partial charge in [-0.2, -0.15) is 0 Å². The van der Waals surface area contributed by atoms with Gasteiger partial charge in [-0.05, 0) is 5.70 Å². The van der Waals surface area contributed by atoms with Crippen LogP contribution in [0.5, 0.6) is 0 Å². The van der Waals surface area contributed by atoms with Crippen molar-refractivity contribution in [1.29, 1.82) is 0 Å². The predicted molar refractivity (Wildman–Crippen MR) is 65.9 cm³/mol. The molecule has 0 aromatic carbocycles. The largest absolute Gasteiger partial charge is 0.529 e. The highest BCUT2D eigenvalue weighted by molar-refractivity contribution is 6.66. The Bertz CT molecular complexity index is 232. The molecule has 0 rings (SSSR count). The average Bonchev–Trinajstić information content (AvgIpc) is 2.39. The second-order valence-electron chi connectivity index (χ2n) is 3.22. The van der Waals surface area contributed by atoms with Crippen LogP contribution >= 0.6 is 0 Å². The van der Waals surface area contributed by atoms with Crippen molar-refractivity contribution in [1.82, 2.24) is 0 Å². The lowest BCUT2D eigenvalue weighted by Gasteiger charge is -2.25. The van der Waals surface area contributed by atoms with Gasteiger partial charge in [-0.15, -0.1) is 0 Å². The summed E-state index contributed by atoms with van der Waals surface area (Å²) in [5.74, 6) is 0. The minimum Gasteiger partial charge on any atom is -0.370 e. The van der Waals surface area contributed by atoms with E-state index in [1.807, 2.05) is 0 Å². The van der Waals surface area contributed by atoms with Crippen LogP contribution < -0.4 is 0 Å². The van der Waals surface area contributed by atoms with Gasteiger partial charge in [0.05, 0.1) is 0 Å². The lowest BCUT2D eigenvalue weighted by atomic mass is 10.5. The fraction of sp³-hybridized carbons (Fsp3) is 0.545. The van der Waals surface area contributed by atoms with E-state index in [2.05, 4.69) is 6.58 Å². The molecule has 0 radical (unpaired) electrons. The molecule has 0 amide bonds. The normalized spacial score (nSPS) is 10.9. The summed E-state index contributed by atoms with van der Waals surface area (Å²) in [5, 5.41) is 0. The van der Waals surface area contributed by atoms with E-state index in [4.69, 9.17) is 13.3 Å². The van der Waals surface area contributed by atoms with Crippen molar-refractivity contribution < 1.29 is 27.7 Å². The summed E-state index contributed by atoms with van der Waals surface area (Å²) in [7, 11) is -3.09. The topological polar surface area (TPSA) is 78.9 Å². The van der Waals surface area contributed by atoms with E-state index in [1.165, 1.54) is 5.70 Å². The molecule has 6 nitrogen and oxygen atoms in total. The summed E-state index contributed by atoms with van der Waals surface area (Å²) in [6, 6.07) is 0. The lowest BCUT2D eigenvalue weighted by molar-refractivity contribution is -0.108. The zero-order valence-electron chi connectivity index (χ0n) is 10.2. The molecule has 0 aliphatic carbocycles. The highest BCUT2D eigenvalue weighted by Gasteiger charge is 2.37. The summed E-state index contributed by atoms with van der Waals surface area (Å²) in [4.78, 5) is 30.7. The maximum atomic E-state index is 10.2. The number of carbonyl (C=O) groups excluding carboxylic acids is 3. The first-order valence-electron chi connectivity index (χ1n) is 5.61. The van der Waals surface area contributed by atoms with Crippen LogP contribution in [0.4, 0.5) is 0 Å². The van der Waals surface area contributed by atoms with Crippen LogP contribution in [-0.4, -0.2) is 47.5 Å². The minimum absolute atomic E-state index is 0.157. The molecule has 0 saturated heterocycles.